The summed E-state index contributed by atoms with van der Waals surface area (Å²) in [7, 11) is 0. The SMILES string of the molecule is Clc1ccc(CSC(Cn2cncn2)c2ccc(Cl)cc2Cl)c(Cl)c1. The Morgan fingerprint density at radius 3 is 2.32 bits per heavy atom. The third-order valence-corrected chi connectivity index (χ3v) is 6.02. The molecule has 0 aliphatic carbocycles. The summed E-state index contributed by atoms with van der Waals surface area (Å²) in [6.07, 6.45) is 3.20. The lowest BCUT2D eigenvalue weighted by atomic mass is 10.1. The van der Waals surface area contributed by atoms with Crippen molar-refractivity contribution in [1.29, 1.82) is 0 Å². The molecule has 0 amide bonds. The van der Waals surface area contributed by atoms with E-state index in [0.717, 1.165) is 11.1 Å². The molecular weight excluding hydrogens is 420 g/mol. The first-order chi connectivity index (χ1) is 12.0. The maximum absolute atomic E-state index is 6.41. The molecule has 1 unspecified atom stereocenters. The molecule has 3 rings (SSSR count). The van der Waals surface area contributed by atoms with Crippen molar-refractivity contribution in [3.8, 4) is 0 Å². The van der Waals surface area contributed by atoms with Gasteiger partial charge >= 0.3 is 0 Å². The molecular formula is C17H13Cl4N3S. The lowest BCUT2D eigenvalue weighted by Gasteiger charge is -2.19. The second kappa shape index (κ2) is 8.65. The summed E-state index contributed by atoms with van der Waals surface area (Å²) in [6.45, 7) is 0.636. The zero-order chi connectivity index (χ0) is 17.8. The van der Waals surface area contributed by atoms with Gasteiger partial charge in [0, 0.05) is 25.8 Å². The lowest BCUT2D eigenvalue weighted by Crippen LogP contribution is -2.08. The Kier molecular flexibility index (Phi) is 6.53. The van der Waals surface area contributed by atoms with Gasteiger partial charge in [-0.25, -0.2) is 4.98 Å². The van der Waals surface area contributed by atoms with Crippen LogP contribution < -0.4 is 0 Å². The lowest BCUT2D eigenvalue weighted by molar-refractivity contribution is 0.604. The Hall–Kier alpha value is -0.910. The van der Waals surface area contributed by atoms with Crippen LogP contribution in [0.2, 0.25) is 20.1 Å². The number of rotatable bonds is 6. The molecule has 25 heavy (non-hydrogen) atoms. The highest BCUT2D eigenvalue weighted by molar-refractivity contribution is 7.98. The summed E-state index contributed by atoms with van der Waals surface area (Å²) in [4.78, 5) is 4.00. The van der Waals surface area contributed by atoms with Crippen LogP contribution in [0.15, 0.2) is 49.1 Å². The molecule has 8 heteroatoms. The Labute approximate surface area is 170 Å². The van der Waals surface area contributed by atoms with Crippen molar-refractivity contribution < 1.29 is 0 Å². The molecule has 0 spiro atoms. The van der Waals surface area contributed by atoms with Crippen molar-refractivity contribution in [2.45, 2.75) is 17.5 Å². The number of hydrogen-bond acceptors (Lipinski definition) is 3. The summed E-state index contributed by atoms with van der Waals surface area (Å²) >= 11 is 26.4. The molecule has 1 atom stereocenters. The summed E-state index contributed by atoms with van der Waals surface area (Å²) in [5, 5.41) is 6.78. The maximum atomic E-state index is 6.41. The third-order valence-electron chi connectivity index (χ3n) is 3.58. The number of nitrogens with zero attached hydrogens (tertiary/aromatic N) is 3. The molecule has 1 aromatic heterocycles. The second-order valence-corrected chi connectivity index (χ2v) is 8.20. The Morgan fingerprint density at radius 2 is 1.68 bits per heavy atom. The fourth-order valence-electron chi connectivity index (χ4n) is 2.33. The van der Waals surface area contributed by atoms with Crippen LogP contribution in [0, 0.1) is 0 Å². The number of benzene rings is 2. The van der Waals surface area contributed by atoms with E-state index in [4.69, 9.17) is 46.4 Å². The van der Waals surface area contributed by atoms with Gasteiger partial charge in [0.2, 0.25) is 0 Å². The van der Waals surface area contributed by atoms with Crippen molar-refractivity contribution in [3.05, 3.63) is 80.3 Å². The average molecular weight is 433 g/mol. The van der Waals surface area contributed by atoms with Crippen molar-refractivity contribution >= 4 is 58.2 Å². The second-order valence-electron chi connectivity index (χ2n) is 5.32. The van der Waals surface area contributed by atoms with Gasteiger partial charge in [0.15, 0.2) is 0 Å². The van der Waals surface area contributed by atoms with Crippen LogP contribution in [0.25, 0.3) is 0 Å². The van der Waals surface area contributed by atoms with E-state index in [1.807, 2.05) is 24.3 Å². The smallest absolute Gasteiger partial charge is 0.137 e. The zero-order valence-corrected chi connectivity index (χ0v) is 16.7. The van der Waals surface area contributed by atoms with Crippen LogP contribution >= 0.6 is 58.2 Å². The van der Waals surface area contributed by atoms with Gasteiger partial charge in [0.25, 0.3) is 0 Å². The molecule has 0 N–H and O–H groups in total. The summed E-state index contributed by atoms with van der Waals surface area (Å²) in [5.41, 5.74) is 2.02. The van der Waals surface area contributed by atoms with Crippen molar-refractivity contribution in [3.63, 3.8) is 0 Å². The van der Waals surface area contributed by atoms with Gasteiger partial charge in [-0.05, 0) is 35.4 Å². The minimum atomic E-state index is 0.0678. The van der Waals surface area contributed by atoms with Gasteiger partial charge < -0.3 is 0 Å². The molecule has 0 bridgehead atoms. The van der Waals surface area contributed by atoms with E-state index in [1.54, 1.807) is 34.9 Å². The van der Waals surface area contributed by atoms with Gasteiger partial charge in [0.1, 0.15) is 12.7 Å². The highest BCUT2D eigenvalue weighted by atomic mass is 35.5. The van der Waals surface area contributed by atoms with E-state index in [1.165, 1.54) is 6.33 Å². The number of aromatic nitrogens is 3. The topological polar surface area (TPSA) is 30.7 Å². The molecule has 0 fully saturated rings. The monoisotopic (exact) mass is 431 g/mol. The molecule has 0 saturated heterocycles. The van der Waals surface area contributed by atoms with Crippen molar-refractivity contribution in [1.82, 2.24) is 14.8 Å². The largest absolute Gasteiger partial charge is 0.252 e. The first kappa shape index (κ1) is 18.9. The first-order valence-corrected chi connectivity index (χ1v) is 9.92. The molecule has 130 valence electrons. The molecule has 3 nitrogen and oxygen atoms in total. The van der Waals surface area contributed by atoms with E-state index >= 15 is 0 Å². The Bertz CT molecular complexity index is 855. The Morgan fingerprint density at radius 1 is 0.960 bits per heavy atom. The fraction of sp³-hybridized carbons (Fsp3) is 0.176. The van der Waals surface area contributed by atoms with Gasteiger partial charge in [-0.1, -0.05) is 58.5 Å². The van der Waals surface area contributed by atoms with Crippen molar-refractivity contribution in [2.75, 3.05) is 0 Å². The highest BCUT2D eigenvalue weighted by Gasteiger charge is 2.18. The molecule has 3 aromatic rings. The van der Waals surface area contributed by atoms with Gasteiger partial charge in [0.05, 0.1) is 11.8 Å². The van der Waals surface area contributed by atoms with Crippen LogP contribution in [-0.4, -0.2) is 14.8 Å². The van der Waals surface area contributed by atoms with E-state index in [0.29, 0.717) is 32.4 Å². The van der Waals surface area contributed by atoms with Crippen LogP contribution in [0.4, 0.5) is 0 Å². The predicted molar refractivity (Wildman–Crippen MR) is 107 cm³/mol. The first-order valence-electron chi connectivity index (χ1n) is 7.36. The fourth-order valence-corrected chi connectivity index (χ4v) is 4.76. The summed E-state index contributed by atoms with van der Waals surface area (Å²) in [5.74, 6) is 0.717. The maximum Gasteiger partial charge on any atom is 0.137 e. The highest BCUT2D eigenvalue weighted by Crippen LogP contribution is 2.39. The quantitative estimate of drug-likeness (QED) is 0.441. The minimum Gasteiger partial charge on any atom is -0.252 e. The predicted octanol–water partition coefficient (Wildman–Crippen LogP) is 6.57. The number of thioether (sulfide) groups is 1. The molecule has 0 radical (unpaired) electrons. The summed E-state index contributed by atoms with van der Waals surface area (Å²) < 4.78 is 1.78. The number of halogens is 4. The van der Waals surface area contributed by atoms with Crippen LogP contribution in [-0.2, 0) is 12.3 Å². The van der Waals surface area contributed by atoms with Crippen molar-refractivity contribution in [2.24, 2.45) is 0 Å². The van der Waals surface area contributed by atoms with Gasteiger partial charge in [-0.2, -0.15) is 5.10 Å². The van der Waals surface area contributed by atoms with Crippen LogP contribution in [0.1, 0.15) is 16.4 Å². The van der Waals surface area contributed by atoms with Crippen LogP contribution in [0.5, 0.6) is 0 Å². The molecule has 0 aliphatic rings. The Balaban J connectivity index is 1.83. The van der Waals surface area contributed by atoms with Gasteiger partial charge in [-0.3, -0.25) is 4.68 Å². The summed E-state index contributed by atoms with van der Waals surface area (Å²) in [6, 6.07) is 11.1. The normalized spacial score (nSPS) is 12.3. The molecule has 0 aliphatic heterocycles. The van der Waals surface area contributed by atoms with E-state index in [9.17, 15) is 0 Å². The average Bonchev–Trinajstić information content (AvgIpc) is 3.06. The van der Waals surface area contributed by atoms with Crippen LogP contribution in [0.3, 0.4) is 0 Å². The molecule has 2 aromatic carbocycles. The van der Waals surface area contributed by atoms with Gasteiger partial charge in [-0.15, -0.1) is 11.8 Å². The molecule has 0 saturated carbocycles. The zero-order valence-electron chi connectivity index (χ0n) is 12.9. The number of hydrogen-bond donors (Lipinski definition) is 0. The third kappa shape index (κ3) is 5.05. The van der Waals surface area contributed by atoms with E-state index < -0.39 is 0 Å². The van der Waals surface area contributed by atoms with E-state index in [-0.39, 0.29) is 5.25 Å². The minimum absolute atomic E-state index is 0.0678. The standard InChI is InChI=1S/C17H13Cl4N3S/c18-12-2-1-11(15(20)5-12)8-25-17(7-24-10-22-9-23-24)14-4-3-13(19)6-16(14)21/h1-6,9-10,17H,7-8H2. The molecule has 1 heterocycles. The van der Waals surface area contributed by atoms with E-state index in [2.05, 4.69) is 10.1 Å².